The lowest BCUT2D eigenvalue weighted by atomic mass is 9.87. The molecule has 1 aliphatic heterocycles. The third-order valence-corrected chi connectivity index (χ3v) is 4.81. The van der Waals surface area contributed by atoms with Crippen LogP contribution in [0.1, 0.15) is 26.3 Å². The fraction of sp³-hybridized carbons (Fsp3) is 0.350. The van der Waals surface area contributed by atoms with Crippen molar-refractivity contribution in [1.29, 1.82) is 0 Å². The highest BCUT2D eigenvalue weighted by molar-refractivity contribution is 8.13. The van der Waals surface area contributed by atoms with E-state index in [2.05, 4.69) is 42.9 Å². The third kappa shape index (κ3) is 4.48. The molecular weight excluding hydrogens is 332 g/mol. The maximum atomic E-state index is 12.0. The number of thioether (sulfide) groups is 1. The molecule has 5 heteroatoms. The standard InChI is InChI=1S/C20H22N2O2S/c1-20(2,3)14-8-10-15(11-9-14)24-12-13-25-19-21-17-7-5-4-6-16(17)18(23)22-19/h4-11,16H,12-13H2,1-3H3. The van der Waals surface area contributed by atoms with E-state index in [1.54, 1.807) is 0 Å². The van der Waals surface area contributed by atoms with E-state index in [9.17, 15) is 4.79 Å². The van der Waals surface area contributed by atoms with E-state index in [0.29, 0.717) is 17.5 Å². The second kappa shape index (κ2) is 7.40. The van der Waals surface area contributed by atoms with Crippen molar-refractivity contribution in [2.24, 2.45) is 15.9 Å². The van der Waals surface area contributed by atoms with E-state index in [4.69, 9.17) is 4.74 Å². The van der Waals surface area contributed by atoms with Crippen molar-refractivity contribution in [3.63, 3.8) is 0 Å². The van der Waals surface area contributed by atoms with Gasteiger partial charge in [0, 0.05) is 5.75 Å². The van der Waals surface area contributed by atoms with Gasteiger partial charge in [0.2, 0.25) is 0 Å². The molecule has 1 unspecified atom stereocenters. The summed E-state index contributed by atoms with van der Waals surface area (Å²) in [6.07, 6.45) is 7.44. The quantitative estimate of drug-likeness (QED) is 0.762. The molecule has 2 aliphatic rings. The number of amides is 1. The van der Waals surface area contributed by atoms with Gasteiger partial charge < -0.3 is 4.74 Å². The summed E-state index contributed by atoms with van der Waals surface area (Å²) in [5.74, 6) is 1.08. The number of aliphatic imine (C=N–C) groups is 2. The monoisotopic (exact) mass is 354 g/mol. The fourth-order valence-electron chi connectivity index (χ4n) is 2.55. The van der Waals surface area contributed by atoms with Crippen LogP contribution < -0.4 is 4.74 Å². The number of carbonyl (C=O) groups is 1. The molecule has 1 aromatic rings. The van der Waals surface area contributed by atoms with Crippen LogP contribution in [0, 0.1) is 5.92 Å². The van der Waals surface area contributed by atoms with Gasteiger partial charge in [-0.05, 0) is 29.2 Å². The van der Waals surface area contributed by atoms with Crippen LogP contribution in [0.3, 0.4) is 0 Å². The number of hydrogen-bond acceptors (Lipinski definition) is 4. The Balaban J connectivity index is 1.49. The summed E-state index contributed by atoms with van der Waals surface area (Å²) >= 11 is 1.44. The molecule has 1 aliphatic carbocycles. The Hall–Kier alpha value is -2.14. The molecular formula is C20H22N2O2S. The highest BCUT2D eigenvalue weighted by Crippen LogP contribution is 2.24. The Morgan fingerprint density at radius 1 is 1.12 bits per heavy atom. The van der Waals surface area contributed by atoms with E-state index < -0.39 is 0 Å². The summed E-state index contributed by atoms with van der Waals surface area (Å²) in [6.45, 7) is 7.11. The second-order valence-corrected chi connectivity index (χ2v) is 8.02. The lowest BCUT2D eigenvalue weighted by molar-refractivity contribution is -0.118. The Kier molecular flexibility index (Phi) is 5.23. The molecule has 0 saturated carbocycles. The lowest BCUT2D eigenvalue weighted by Crippen LogP contribution is -2.26. The molecule has 0 spiro atoms. The van der Waals surface area contributed by atoms with Crippen LogP contribution in [-0.4, -0.2) is 29.1 Å². The summed E-state index contributed by atoms with van der Waals surface area (Å²) in [6, 6.07) is 8.19. The first-order chi connectivity index (χ1) is 11.9. The van der Waals surface area contributed by atoms with Gasteiger partial charge in [0.1, 0.15) is 11.7 Å². The zero-order chi connectivity index (χ0) is 17.9. The van der Waals surface area contributed by atoms with Crippen LogP contribution in [0.5, 0.6) is 5.75 Å². The van der Waals surface area contributed by atoms with Crippen molar-refractivity contribution in [1.82, 2.24) is 0 Å². The SMILES string of the molecule is CC(C)(C)c1ccc(OCCSC2=NC(=O)C3C=CC=CC3=N2)cc1. The highest BCUT2D eigenvalue weighted by Gasteiger charge is 2.26. The van der Waals surface area contributed by atoms with E-state index >= 15 is 0 Å². The van der Waals surface area contributed by atoms with Gasteiger partial charge in [-0.2, -0.15) is 4.99 Å². The van der Waals surface area contributed by atoms with E-state index in [1.165, 1.54) is 17.3 Å². The van der Waals surface area contributed by atoms with Crippen LogP contribution in [0.15, 0.2) is 58.6 Å². The summed E-state index contributed by atoms with van der Waals surface area (Å²) < 4.78 is 5.76. The fourth-order valence-corrected chi connectivity index (χ4v) is 3.23. The van der Waals surface area contributed by atoms with Gasteiger partial charge >= 0.3 is 0 Å². The van der Waals surface area contributed by atoms with Crippen molar-refractivity contribution < 1.29 is 9.53 Å². The highest BCUT2D eigenvalue weighted by atomic mass is 32.2. The molecule has 1 aromatic carbocycles. The average molecular weight is 354 g/mol. The van der Waals surface area contributed by atoms with Gasteiger partial charge in [-0.3, -0.25) is 4.79 Å². The molecule has 0 fully saturated rings. The minimum atomic E-state index is -0.313. The van der Waals surface area contributed by atoms with Crippen LogP contribution in [0.4, 0.5) is 0 Å². The topological polar surface area (TPSA) is 51.0 Å². The molecule has 0 aromatic heterocycles. The van der Waals surface area contributed by atoms with Gasteiger partial charge in [0.25, 0.3) is 5.91 Å². The second-order valence-electron chi connectivity index (χ2n) is 6.96. The first kappa shape index (κ1) is 17.7. The van der Waals surface area contributed by atoms with Crippen molar-refractivity contribution >= 4 is 28.5 Å². The van der Waals surface area contributed by atoms with E-state index in [-0.39, 0.29) is 17.2 Å². The van der Waals surface area contributed by atoms with Gasteiger partial charge in [-0.25, -0.2) is 4.99 Å². The maximum Gasteiger partial charge on any atom is 0.261 e. The number of benzene rings is 1. The molecule has 0 N–H and O–H groups in total. The number of ether oxygens (including phenoxy) is 1. The Morgan fingerprint density at radius 3 is 2.60 bits per heavy atom. The molecule has 4 nitrogen and oxygen atoms in total. The van der Waals surface area contributed by atoms with Crippen molar-refractivity contribution in [3.05, 3.63) is 54.1 Å². The molecule has 0 radical (unpaired) electrons. The van der Waals surface area contributed by atoms with Crippen LogP contribution in [0.25, 0.3) is 0 Å². The number of carbonyl (C=O) groups excluding carboxylic acids is 1. The molecule has 0 bridgehead atoms. The number of amidine groups is 1. The Morgan fingerprint density at radius 2 is 1.88 bits per heavy atom. The minimum Gasteiger partial charge on any atom is -0.493 e. The molecule has 1 heterocycles. The van der Waals surface area contributed by atoms with Gasteiger partial charge in [0.15, 0.2) is 5.17 Å². The van der Waals surface area contributed by atoms with E-state index in [1.807, 2.05) is 36.4 Å². The van der Waals surface area contributed by atoms with Gasteiger partial charge in [0.05, 0.1) is 12.3 Å². The van der Waals surface area contributed by atoms with E-state index in [0.717, 1.165) is 11.5 Å². The molecule has 1 atom stereocenters. The Labute approximate surface area is 152 Å². The molecule has 1 amide bonds. The van der Waals surface area contributed by atoms with Crippen LogP contribution in [0.2, 0.25) is 0 Å². The molecule has 0 saturated heterocycles. The molecule has 130 valence electrons. The third-order valence-electron chi connectivity index (χ3n) is 4.00. The van der Waals surface area contributed by atoms with Crippen molar-refractivity contribution in [3.8, 4) is 5.75 Å². The number of rotatable bonds is 4. The average Bonchev–Trinajstić information content (AvgIpc) is 2.58. The summed E-state index contributed by atoms with van der Waals surface area (Å²) in [4.78, 5) is 20.5. The summed E-state index contributed by atoms with van der Waals surface area (Å²) in [5, 5.41) is 0.517. The maximum absolute atomic E-state index is 12.0. The summed E-state index contributed by atoms with van der Waals surface area (Å²) in [5.41, 5.74) is 2.19. The molecule has 25 heavy (non-hydrogen) atoms. The lowest BCUT2D eigenvalue weighted by Gasteiger charge is -2.19. The Bertz CT molecular complexity index is 768. The van der Waals surface area contributed by atoms with Gasteiger partial charge in [-0.1, -0.05) is 62.9 Å². The van der Waals surface area contributed by atoms with Crippen LogP contribution in [-0.2, 0) is 10.2 Å². The first-order valence-electron chi connectivity index (χ1n) is 8.35. The number of nitrogens with zero attached hydrogens (tertiary/aromatic N) is 2. The largest absolute Gasteiger partial charge is 0.493 e. The van der Waals surface area contributed by atoms with Crippen molar-refractivity contribution in [2.75, 3.05) is 12.4 Å². The number of fused-ring (bicyclic) bond motifs is 1. The smallest absolute Gasteiger partial charge is 0.261 e. The predicted octanol–water partition coefficient (Wildman–Crippen LogP) is 4.18. The predicted molar refractivity (Wildman–Crippen MR) is 105 cm³/mol. The summed E-state index contributed by atoms with van der Waals surface area (Å²) in [7, 11) is 0. The normalized spacial score (nSPS) is 19.3. The first-order valence-corrected chi connectivity index (χ1v) is 9.34. The van der Waals surface area contributed by atoms with Gasteiger partial charge in [-0.15, -0.1) is 0 Å². The van der Waals surface area contributed by atoms with Crippen LogP contribution >= 0.6 is 11.8 Å². The number of hydrogen-bond donors (Lipinski definition) is 0. The van der Waals surface area contributed by atoms with Crippen molar-refractivity contribution in [2.45, 2.75) is 26.2 Å². The number of allylic oxidation sites excluding steroid dienone is 3. The minimum absolute atomic E-state index is 0.139. The zero-order valence-electron chi connectivity index (χ0n) is 14.7. The molecule has 3 rings (SSSR count). The zero-order valence-corrected chi connectivity index (χ0v) is 15.5.